The molecular formula is C23H26N6O2. The molecule has 1 saturated heterocycles. The lowest BCUT2D eigenvalue weighted by atomic mass is 10.2. The van der Waals surface area contributed by atoms with Crippen molar-refractivity contribution in [1.82, 2.24) is 14.9 Å². The highest BCUT2D eigenvalue weighted by atomic mass is 16.5. The fraction of sp³-hybridized carbons (Fsp3) is 0.261. The van der Waals surface area contributed by atoms with Crippen LogP contribution < -0.4 is 20.7 Å². The maximum Gasteiger partial charge on any atom is 0.258 e. The molecule has 0 aliphatic carbocycles. The zero-order chi connectivity index (χ0) is 21.5. The molecule has 160 valence electrons. The molecule has 31 heavy (non-hydrogen) atoms. The van der Waals surface area contributed by atoms with Gasteiger partial charge in [0.1, 0.15) is 12.4 Å². The molecule has 0 radical (unpaired) electrons. The van der Waals surface area contributed by atoms with Gasteiger partial charge >= 0.3 is 0 Å². The minimum absolute atomic E-state index is 0.285. The van der Waals surface area contributed by atoms with Gasteiger partial charge in [0.2, 0.25) is 5.95 Å². The van der Waals surface area contributed by atoms with Gasteiger partial charge in [-0.15, -0.1) is 0 Å². The van der Waals surface area contributed by atoms with Crippen molar-refractivity contribution in [1.29, 1.82) is 0 Å². The number of anilines is 3. The van der Waals surface area contributed by atoms with Gasteiger partial charge in [0.25, 0.3) is 5.91 Å². The molecule has 1 amide bonds. The number of amides is 1. The maximum atomic E-state index is 12.4. The number of benzene rings is 2. The Labute approximate surface area is 181 Å². The first-order chi connectivity index (χ1) is 15.2. The van der Waals surface area contributed by atoms with Gasteiger partial charge in [-0.25, -0.2) is 9.97 Å². The largest absolute Gasteiger partial charge is 0.492 e. The molecule has 1 fully saturated rings. The Morgan fingerprint density at radius 3 is 2.35 bits per heavy atom. The molecule has 0 unspecified atom stereocenters. The van der Waals surface area contributed by atoms with E-state index in [2.05, 4.69) is 25.1 Å². The molecule has 0 spiro atoms. The van der Waals surface area contributed by atoms with Gasteiger partial charge in [0, 0.05) is 45.1 Å². The van der Waals surface area contributed by atoms with Crippen LogP contribution in [0.3, 0.4) is 0 Å². The van der Waals surface area contributed by atoms with E-state index in [1.807, 2.05) is 42.5 Å². The van der Waals surface area contributed by atoms with E-state index in [1.165, 1.54) is 0 Å². The van der Waals surface area contributed by atoms with Crippen molar-refractivity contribution in [2.75, 3.05) is 55.3 Å². The molecule has 0 saturated carbocycles. The number of hydrogen-bond acceptors (Lipinski definition) is 7. The van der Waals surface area contributed by atoms with E-state index in [1.54, 1.807) is 24.5 Å². The summed E-state index contributed by atoms with van der Waals surface area (Å²) in [6.07, 6.45) is 3.10. The van der Waals surface area contributed by atoms with Crippen LogP contribution in [0, 0.1) is 0 Å². The fourth-order valence-corrected chi connectivity index (χ4v) is 3.39. The van der Waals surface area contributed by atoms with Crippen LogP contribution in [0.2, 0.25) is 0 Å². The molecule has 3 N–H and O–H groups in total. The predicted octanol–water partition coefficient (Wildman–Crippen LogP) is 2.51. The van der Waals surface area contributed by atoms with Crippen LogP contribution in [0.15, 0.2) is 67.0 Å². The van der Waals surface area contributed by atoms with E-state index < -0.39 is 0 Å². The Balaban J connectivity index is 1.24. The molecule has 8 heteroatoms. The number of carbonyl (C=O) groups is 1. The third kappa shape index (κ3) is 5.49. The van der Waals surface area contributed by atoms with Crippen LogP contribution in [-0.4, -0.2) is 60.1 Å². The van der Waals surface area contributed by atoms with Crippen LogP contribution >= 0.6 is 0 Å². The number of nitrogens with two attached hydrogens (primary N) is 1. The molecule has 2 heterocycles. The van der Waals surface area contributed by atoms with E-state index in [-0.39, 0.29) is 5.91 Å². The SMILES string of the molecule is Nc1ccccc1NC(=O)c1cnc(N2CCN(CCOc3ccccc3)CC2)nc1. The van der Waals surface area contributed by atoms with Crippen molar-refractivity contribution in [3.8, 4) is 5.75 Å². The lowest BCUT2D eigenvalue weighted by Crippen LogP contribution is -2.48. The summed E-state index contributed by atoms with van der Waals surface area (Å²) in [4.78, 5) is 25.7. The molecular weight excluding hydrogens is 392 g/mol. The first-order valence-corrected chi connectivity index (χ1v) is 10.3. The highest BCUT2D eigenvalue weighted by molar-refractivity contribution is 6.05. The summed E-state index contributed by atoms with van der Waals surface area (Å²) >= 11 is 0. The highest BCUT2D eigenvalue weighted by Gasteiger charge is 2.19. The zero-order valence-electron chi connectivity index (χ0n) is 17.3. The minimum atomic E-state index is -0.285. The highest BCUT2D eigenvalue weighted by Crippen LogP contribution is 2.18. The standard InChI is InChI=1S/C23H26N6O2/c24-20-8-4-5-9-21(20)27-22(30)18-16-25-23(26-17-18)29-12-10-28(11-13-29)14-15-31-19-6-2-1-3-7-19/h1-9,16-17H,10-15,24H2,(H,27,30). The molecule has 2 aromatic carbocycles. The molecule has 1 aromatic heterocycles. The average Bonchev–Trinajstić information content (AvgIpc) is 2.82. The molecule has 0 bridgehead atoms. The molecule has 1 aliphatic heterocycles. The number of piperazine rings is 1. The van der Waals surface area contributed by atoms with Gasteiger partial charge < -0.3 is 20.7 Å². The van der Waals surface area contributed by atoms with E-state index in [0.29, 0.717) is 29.5 Å². The Kier molecular flexibility index (Phi) is 6.59. The first kappa shape index (κ1) is 20.6. The van der Waals surface area contributed by atoms with Crippen molar-refractivity contribution < 1.29 is 9.53 Å². The lowest BCUT2D eigenvalue weighted by Gasteiger charge is -2.34. The normalized spacial score (nSPS) is 14.3. The summed E-state index contributed by atoms with van der Waals surface area (Å²) in [6, 6.07) is 17.0. The second kappa shape index (κ2) is 9.90. The predicted molar refractivity (Wildman–Crippen MR) is 121 cm³/mol. The second-order valence-corrected chi connectivity index (χ2v) is 7.30. The van der Waals surface area contributed by atoms with E-state index >= 15 is 0 Å². The summed E-state index contributed by atoms with van der Waals surface area (Å²) in [5.41, 5.74) is 7.35. The Morgan fingerprint density at radius 2 is 1.65 bits per heavy atom. The number of nitrogen functional groups attached to an aromatic ring is 1. The molecule has 0 atom stereocenters. The van der Waals surface area contributed by atoms with E-state index in [0.717, 1.165) is 38.5 Å². The van der Waals surface area contributed by atoms with Crippen LogP contribution in [-0.2, 0) is 0 Å². The average molecular weight is 419 g/mol. The third-order valence-corrected chi connectivity index (χ3v) is 5.18. The molecule has 1 aliphatic rings. The summed E-state index contributed by atoms with van der Waals surface area (Å²) in [6.45, 7) is 5.03. The van der Waals surface area contributed by atoms with Crippen molar-refractivity contribution in [2.24, 2.45) is 0 Å². The summed E-state index contributed by atoms with van der Waals surface area (Å²) in [7, 11) is 0. The summed E-state index contributed by atoms with van der Waals surface area (Å²) < 4.78 is 5.78. The molecule has 3 aromatic rings. The van der Waals surface area contributed by atoms with Crippen molar-refractivity contribution in [3.63, 3.8) is 0 Å². The third-order valence-electron chi connectivity index (χ3n) is 5.18. The number of ether oxygens (including phenoxy) is 1. The molecule has 4 rings (SSSR count). The van der Waals surface area contributed by atoms with Crippen LogP contribution in [0.5, 0.6) is 5.75 Å². The number of carbonyl (C=O) groups excluding carboxylic acids is 1. The smallest absolute Gasteiger partial charge is 0.258 e. The van der Waals surface area contributed by atoms with Gasteiger partial charge in [0.05, 0.1) is 16.9 Å². The van der Waals surface area contributed by atoms with Crippen molar-refractivity contribution in [2.45, 2.75) is 0 Å². The Bertz CT molecular complexity index is 988. The van der Waals surface area contributed by atoms with E-state index in [9.17, 15) is 4.79 Å². The van der Waals surface area contributed by atoms with Gasteiger partial charge in [0.15, 0.2) is 0 Å². The Morgan fingerprint density at radius 1 is 0.968 bits per heavy atom. The topological polar surface area (TPSA) is 96.6 Å². The van der Waals surface area contributed by atoms with Crippen molar-refractivity contribution in [3.05, 3.63) is 72.6 Å². The van der Waals surface area contributed by atoms with Crippen LogP contribution in [0.4, 0.5) is 17.3 Å². The number of hydrogen-bond donors (Lipinski definition) is 2. The number of rotatable bonds is 7. The number of nitrogens with one attached hydrogen (secondary N) is 1. The second-order valence-electron chi connectivity index (χ2n) is 7.30. The number of nitrogens with zero attached hydrogens (tertiary/aromatic N) is 4. The van der Waals surface area contributed by atoms with Crippen LogP contribution in [0.25, 0.3) is 0 Å². The van der Waals surface area contributed by atoms with E-state index in [4.69, 9.17) is 10.5 Å². The van der Waals surface area contributed by atoms with Gasteiger partial charge in [-0.1, -0.05) is 30.3 Å². The van der Waals surface area contributed by atoms with Gasteiger partial charge in [-0.05, 0) is 24.3 Å². The van der Waals surface area contributed by atoms with Crippen LogP contribution in [0.1, 0.15) is 10.4 Å². The zero-order valence-corrected chi connectivity index (χ0v) is 17.3. The minimum Gasteiger partial charge on any atom is -0.492 e. The van der Waals surface area contributed by atoms with Crippen molar-refractivity contribution >= 4 is 23.2 Å². The molecule has 8 nitrogen and oxygen atoms in total. The number of para-hydroxylation sites is 3. The van der Waals surface area contributed by atoms with Gasteiger partial charge in [-0.2, -0.15) is 0 Å². The summed E-state index contributed by atoms with van der Waals surface area (Å²) in [5, 5.41) is 2.79. The lowest BCUT2D eigenvalue weighted by molar-refractivity contribution is 0.102. The van der Waals surface area contributed by atoms with Gasteiger partial charge in [-0.3, -0.25) is 9.69 Å². The summed E-state index contributed by atoms with van der Waals surface area (Å²) in [5.74, 6) is 1.25. The first-order valence-electron chi connectivity index (χ1n) is 10.3. The fourth-order valence-electron chi connectivity index (χ4n) is 3.39. The monoisotopic (exact) mass is 418 g/mol. The Hall–Kier alpha value is -3.65. The quantitative estimate of drug-likeness (QED) is 0.569. The maximum absolute atomic E-state index is 12.4. The number of aromatic nitrogens is 2.